The third-order valence-electron chi connectivity index (χ3n) is 1.94. The molecular weight excluding hydrogens is 296 g/mol. The number of benzene rings is 1. The van der Waals surface area contributed by atoms with Gasteiger partial charge in [0.25, 0.3) is 0 Å². The van der Waals surface area contributed by atoms with Crippen molar-refractivity contribution in [3.8, 4) is 17.1 Å². The maximum Gasteiger partial charge on any atom is 0.471 e. The van der Waals surface area contributed by atoms with Crippen molar-refractivity contribution in [3.63, 3.8) is 0 Å². The van der Waals surface area contributed by atoms with E-state index in [2.05, 4.69) is 14.7 Å². The Balaban J connectivity index is 2.47. The minimum atomic E-state index is -4.73. The molecule has 0 aliphatic carbocycles. The Labute approximate surface area is 108 Å². The van der Waals surface area contributed by atoms with Gasteiger partial charge in [0.2, 0.25) is 5.82 Å². The predicted octanol–water partition coefficient (Wildman–Crippen LogP) is 3.77. The molecule has 1 N–H and O–H groups in total. The average molecular weight is 299 g/mol. The molecule has 0 amide bonds. The first-order valence-electron chi connectivity index (χ1n) is 4.38. The molecule has 2 aromatic rings. The largest absolute Gasteiger partial charge is 0.505 e. The zero-order valence-corrected chi connectivity index (χ0v) is 9.81. The average Bonchev–Trinajstić information content (AvgIpc) is 2.73. The van der Waals surface area contributed by atoms with Crippen LogP contribution in [0.1, 0.15) is 5.89 Å². The van der Waals surface area contributed by atoms with E-state index >= 15 is 0 Å². The van der Waals surface area contributed by atoms with Gasteiger partial charge >= 0.3 is 12.1 Å². The molecule has 1 aromatic carbocycles. The second-order valence-electron chi connectivity index (χ2n) is 3.21. The van der Waals surface area contributed by atoms with Gasteiger partial charge in [-0.3, -0.25) is 0 Å². The Morgan fingerprint density at radius 2 is 1.72 bits per heavy atom. The number of nitrogens with zero attached hydrogens (tertiary/aromatic N) is 2. The lowest BCUT2D eigenvalue weighted by Gasteiger charge is -2.01. The van der Waals surface area contributed by atoms with Gasteiger partial charge in [0.15, 0.2) is 5.75 Å². The van der Waals surface area contributed by atoms with E-state index in [1.165, 1.54) is 12.1 Å². The van der Waals surface area contributed by atoms with Gasteiger partial charge in [0, 0.05) is 5.56 Å². The van der Waals surface area contributed by atoms with Crippen LogP contribution in [0.25, 0.3) is 11.4 Å². The summed E-state index contributed by atoms with van der Waals surface area (Å²) in [6, 6.07) is 2.35. The number of halogens is 5. The van der Waals surface area contributed by atoms with Crippen molar-refractivity contribution in [2.75, 3.05) is 0 Å². The quantitative estimate of drug-likeness (QED) is 0.870. The summed E-state index contributed by atoms with van der Waals surface area (Å²) in [5, 5.41) is 12.2. The van der Waals surface area contributed by atoms with Crippen molar-refractivity contribution in [1.82, 2.24) is 10.1 Å². The summed E-state index contributed by atoms with van der Waals surface area (Å²) in [5.74, 6) is -2.18. The number of hydrogen-bond donors (Lipinski definition) is 1. The first-order valence-corrected chi connectivity index (χ1v) is 5.14. The molecular formula is C9H3Cl2F3N2O2. The van der Waals surface area contributed by atoms with Gasteiger partial charge < -0.3 is 9.63 Å². The van der Waals surface area contributed by atoms with Gasteiger partial charge in [-0.1, -0.05) is 28.4 Å². The molecule has 0 unspecified atom stereocenters. The van der Waals surface area contributed by atoms with E-state index in [1.54, 1.807) is 0 Å². The van der Waals surface area contributed by atoms with Crippen molar-refractivity contribution >= 4 is 23.2 Å². The second kappa shape index (κ2) is 4.33. The van der Waals surface area contributed by atoms with Crippen LogP contribution in [0.5, 0.6) is 5.75 Å². The molecule has 0 bridgehead atoms. The van der Waals surface area contributed by atoms with Crippen molar-refractivity contribution in [2.24, 2.45) is 0 Å². The van der Waals surface area contributed by atoms with Crippen molar-refractivity contribution in [1.29, 1.82) is 0 Å². The van der Waals surface area contributed by atoms with Gasteiger partial charge in [-0.15, -0.1) is 0 Å². The van der Waals surface area contributed by atoms with Crippen LogP contribution < -0.4 is 0 Å². The molecule has 0 atom stereocenters. The lowest BCUT2D eigenvalue weighted by atomic mass is 10.2. The lowest BCUT2D eigenvalue weighted by Crippen LogP contribution is -2.04. The van der Waals surface area contributed by atoms with Gasteiger partial charge in [-0.2, -0.15) is 18.2 Å². The molecule has 9 heteroatoms. The molecule has 4 nitrogen and oxygen atoms in total. The fourth-order valence-corrected chi connectivity index (χ4v) is 1.64. The van der Waals surface area contributed by atoms with E-state index in [0.717, 1.165) is 0 Å². The van der Waals surface area contributed by atoms with Crippen LogP contribution in [0, 0.1) is 0 Å². The summed E-state index contributed by atoms with van der Waals surface area (Å²) in [7, 11) is 0. The highest BCUT2D eigenvalue weighted by Crippen LogP contribution is 2.36. The molecule has 2 rings (SSSR count). The van der Waals surface area contributed by atoms with Crippen LogP contribution in [0.2, 0.25) is 10.0 Å². The minimum absolute atomic E-state index is 0.0991. The van der Waals surface area contributed by atoms with Gasteiger partial charge in [0.1, 0.15) is 0 Å². The SMILES string of the molecule is Oc1c(Cl)cc(-c2noc(C(F)(F)F)n2)cc1Cl. The number of hydrogen-bond acceptors (Lipinski definition) is 4. The molecule has 1 heterocycles. The third-order valence-corrected chi connectivity index (χ3v) is 2.52. The van der Waals surface area contributed by atoms with Crippen LogP contribution in [0.4, 0.5) is 13.2 Å². The number of rotatable bonds is 1. The van der Waals surface area contributed by atoms with Gasteiger partial charge in [-0.05, 0) is 12.1 Å². The standard InChI is InChI=1S/C9H3Cl2F3N2O2/c10-4-1-3(2-5(11)6(4)17)7-15-8(18-16-7)9(12,13)14/h1-2,17H. The van der Waals surface area contributed by atoms with Crippen LogP contribution >= 0.6 is 23.2 Å². The van der Waals surface area contributed by atoms with E-state index in [9.17, 15) is 18.3 Å². The van der Waals surface area contributed by atoms with Crippen molar-refractivity contribution in [2.45, 2.75) is 6.18 Å². The Kier molecular flexibility index (Phi) is 3.12. The number of phenols is 1. The molecule has 18 heavy (non-hydrogen) atoms. The summed E-state index contributed by atoms with van der Waals surface area (Å²) in [4.78, 5) is 3.16. The van der Waals surface area contributed by atoms with Crippen LogP contribution in [-0.2, 0) is 6.18 Å². The predicted molar refractivity (Wildman–Crippen MR) is 56.4 cm³/mol. The molecule has 96 valence electrons. The molecule has 0 aliphatic heterocycles. The third kappa shape index (κ3) is 2.37. The van der Waals surface area contributed by atoms with Gasteiger partial charge in [0.05, 0.1) is 10.0 Å². The molecule has 0 fully saturated rings. The minimum Gasteiger partial charge on any atom is -0.505 e. The van der Waals surface area contributed by atoms with E-state index in [0.29, 0.717) is 0 Å². The van der Waals surface area contributed by atoms with Crippen LogP contribution in [0.15, 0.2) is 16.7 Å². The first-order chi connectivity index (χ1) is 8.29. The highest BCUT2D eigenvalue weighted by molar-refractivity contribution is 6.37. The van der Waals surface area contributed by atoms with Gasteiger partial charge in [-0.25, -0.2) is 0 Å². The summed E-state index contributed by atoms with van der Waals surface area (Å²) in [6.45, 7) is 0. The molecule has 0 radical (unpaired) electrons. The zero-order valence-electron chi connectivity index (χ0n) is 8.29. The highest BCUT2D eigenvalue weighted by Gasteiger charge is 2.38. The van der Waals surface area contributed by atoms with E-state index < -0.39 is 12.1 Å². The number of alkyl halides is 3. The monoisotopic (exact) mass is 298 g/mol. The van der Waals surface area contributed by atoms with Crippen LogP contribution in [0.3, 0.4) is 0 Å². The maximum absolute atomic E-state index is 12.3. The normalized spacial score (nSPS) is 11.8. The summed E-state index contributed by atoms with van der Waals surface area (Å²) < 4.78 is 40.8. The summed E-state index contributed by atoms with van der Waals surface area (Å²) >= 11 is 11.2. The van der Waals surface area contributed by atoms with Crippen LogP contribution in [-0.4, -0.2) is 15.2 Å². The second-order valence-corrected chi connectivity index (χ2v) is 4.02. The number of phenolic OH excluding ortho intramolecular Hbond substituents is 1. The topological polar surface area (TPSA) is 59.2 Å². The molecule has 0 saturated heterocycles. The Morgan fingerprint density at radius 3 is 2.17 bits per heavy atom. The first kappa shape index (κ1) is 13.0. The Morgan fingerprint density at radius 1 is 1.17 bits per heavy atom. The van der Waals surface area contributed by atoms with E-state index in [1.807, 2.05) is 0 Å². The highest BCUT2D eigenvalue weighted by atomic mass is 35.5. The maximum atomic E-state index is 12.3. The Bertz CT molecular complexity index is 575. The molecule has 1 aromatic heterocycles. The van der Waals surface area contributed by atoms with Crippen molar-refractivity contribution in [3.05, 3.63) is 28.1 Å². The number of aromatic nitrogens is 2. The molecule has 0 saturated carbocycles. The lowest BCUT2D eigenvalue weighted by molar-refractivity contribution is -0.159. The Hall–Kier alpha value is -1.47. The molecule has 0 spiro atoms. The fraction of sp³-hybridized carbons (Fsp3) is 0.111. The smallest absolute Gasteiger partial charge is 0.471 e. The molecule has 0 aliphatic rings. The summed E-state index contributed by atoms with van der Waals surface area (Å²) in [6.07, 6.45) is -4.73. The summed E-state index contributed by atoms with van der Waals surface area (Å²) in [5.41, 5.74) is 0.0991. The fourth-order valence-electron chi connectivity index (χ4n) is 1.15. The van der Waals surface area contributed by atoms with E-state index in [4.69, 9.17) is 23.2 Å². The van der Waals surface area contributed by atoms with E-state index in [-0.39, 0.29) is 27.2 Å². The zero-order chi connectivity index (χ0) is 13.5. The van der Waals surface area contributed by atoms with Crippen molar-refractivity contribution < 1.29 is 22.8 Å². The number of aromatic hydroxyl groups is 1.